The van der Waals surface area contributed by atoms with Crippen molar-refractivity contribution in [3.8, 4) is 5.75 Å². The number of hydrogen-bond acceptors (Lipinski definition) is 2. The SMILES string of the molecule is CCCOc1cccc(C(=O)N2CCC(C)C(Cl)C2)c1. The summed E-state index contributed by atoms with van der Waals surface area (Å²) in [6.45, 7) is 6.27. The van der Waals surface area contributed by atoms with Gasteiger partial charge in [0.05, 0.1) is 12.0 Å². The van der Waals surface area contributed by atoms with E-state index in [0.717, 1.165) is 25.1 Å². The minimum absolute atomic E-state index is 0.0458. The van der Waals surface area contributed by atoms with Crippen molar-refractivity contribution in [2.45, 2.75) is 32.1 Å². The number of amides is 1. The van der Waals surface area contributed by atoms with E-state index >= 15 is 0 Å². The molecular formula is C16H22ClNO2. The van der Waals surface area contributed by atoms with E-state index in [4.69, 9.17) is 16.3 Å². The molecule has 1 heterocycles. The first kappa shape index (κ1) is 15.2. The molecule has 1 saturated heterocycles. The van der Waals surface area contributed by atoms with Crippen LogP contribution >= 0.6 is 11.6 Å². The topological polar surface area (TPSA) is 29.5 Å². The molecule has 1 aromatic rings. The summed E-state index contributed by atoms with van der Waals surface area (Å²) in [4.78, 5) is 14.3. The van der Waals surface area contributed by atoms with Crippen LogP contribution in [0.4, 0.5) is 0 Å². The normalized spacial score (nSPS) is 22.6. The minimum Gasteiger partial charge on any atom is -0.494 e. The molecule has 0 radical (unpaired) electrons. The van der Waals surface area contributed by atoms with E-state index in [1.54, 1.807) is 0 Å². The Morgan fingerprint density at radius 1 is 1.50 bits per heavy atom. The molecule has 0 saturated carbocycles. The maximum atomic E-state index is 12.5. The largest absolute Gasteiger partial charge is 0.494 e. The Labute approximate surface area is 125 Å². The molecule has 0 N–H and O–H groups in total. The minimum atomic E-state index is 0.0458. The molecule has 1 aliphatic rings. The van der Waals surface area contributed by atoms with Gasteiger partial charge in [-0.3, -0.25) is 4.79 Å². The standard InChI is InChI=1S/C16H22ClNO2/c1-3-9-20-14-6-4-5-13(10-14)16(19)18-8-7-12(2)15(17)11-18/h4-6,10,12,15H,3,7-9,11H2,1-2H3. The highest BCUT2D eigenvalue weighted by Gasteiger charge is 2.27. The van der Waals surface area contributed by atoms with Gasteiger partial charge in [-0.2, -0.15) is 0 Å². The van der Waals surface area contributed by atoms with E-state index in [2.05, 4.69) is 13.8 Å². The molecule has 1 amide bonds. The zero-order valence-corrected chi connectivity index (χ0v) is 12.9. The monoisotopic (exact) mass is 295 g/mol. The van der Waals surface area contributed by atoms with E-state index in [1.165, 1.54) is 0 Å². The second-order valence-electron chi connectivity index (χ2n) is 5.41. The van der Waals surface area contributed by atoms with Crippen molar-refractivity contribution in [1.29, 1.82) is 0 Å². The highest BCUT2D eigenvalue weighted by atomic mass is 35.5. The third-order valence-electron chi connectivity index (χ3n) is 3.71. The lowest BCUT2D eigenvalue weighted by molar-refractivity contribution is 0.0701. The number of hydrogen-bond donors (Lipinski definition) is 0. The summed E-state index contributed by atoms with van der Waals surface area (Å²) in [5, 5.41) is 0.0484. The molecule has 2 rings (SSSR count). The van der Waals surface area contributed by atoms with Crippen molar-refractivity contribution in [3.05, 3.63) is 29.8 Å². The van der Waals surface area contributed by atoms with Gasteiger partial charge in [0.25, 0.3) is 5.91 Å². The van der Waals surface area contributed by atoms with Crippen LogP contribution in [0, 0.1) is 5.92 Å². The average molecular weight is 296 g/mol. The summed E-state index contributed by atoms with van der Waals surface area (Å²) in [6, 6.07) is 7.40. The van der Waals surface area contributed by atoms with E-state index in [0.29, 0.717) is 24.6 Å². The number of halogens is 1. The highest BCUT2D eigenvalue weighted by molar-refractivity contribution is 6.21. The van der Waals surface area contributed by atoms with Gasteiger partial charge in [0, 0.05) is 18.7 Å². The van der Waals surface area contributed by atoms with Crippen LogP contribution in [0.3, 0.4) is 0 Å². The summed E-state index contributed by atoms with van der Waals surface area (Å²) in [5.74, 6) is 1.27. The summed E-state index contributed by atoms with van der Waals surface area (Å²) in [7, 11) is 0. The summed E-state index contributed by atoms with van der Waals surface area (Å²) in [6.07, 6.45) is 1.92. The van der Waals surface area contributed by atoms with Gasteiger partial charge >= 0.3 is 0 Å². The number of carbonyl (C=O) groups is 1. The molecule has 0 aliphatic carbocycles. The zero-order valence-electron chi connectivity index (χ0n) is 12.1. The first-order chi connectivity index (χ1) is 9.61. The third kappa shape index (κ3) is 3.66. The Hall–Kier alpha value is -1.22. The lowest BCUT2D eigenvalue weighted by Gasteiger charge is -2.34. The van der Waals surface area contributed by atoms with E-state index < -0.39 is 0 Å². The van der Waals surface area contributed by atoms with Crippen LogP contribution in [0.15, 0.2) is 24.3 Å². The molecule has 2 unspecified atom stereocenters. The number of benzene rings is 1. The molecule has 20 heavy (non-hydrogen) atoms. The number of ether oxygens (including phenoxy) is 1. The Morgan fingerprint density at radius 3 is 3.00 bits per heavy atom. The fraction of sp³-hybridized carbons (Fsp3) is 0.562. The van der Waals surface area contributed by atoms with E-state index in [9.17, 15) is 4.79 Å². The van der Waals surface area contributed by atoms with E-state index in [1.807, 2.05) is 29.2 Å². The third-order valence-corrected chi connectivity index (χ3v) is 4.28. The number of piperidine rings is 1. The second kappa shape index (κ2) is 6.98. The summed E-state index contributed by atoms with van der Waals surface area (Å²) >= 11 is 6.27. The number of nitrogens with zero attached hydrogens (tertiary/aromatic N) is 1. The van der Waals surface area contributed by atoms with Gasteiger partial charge in [-0.25, -0.2) is 0 Å². The molecular weight excluding hydrogens is 274 g/mol. The highest BCUT2D eigenvalue weighted by Crippen LogP contribution is 2.24. The second-order valence-corrected chi connectivity index (χ2v) is 5.97. The van der Waals surface area contributed by atoms with Crippen molar-refractivity contribution in [2.75, 3.05) is 19.7 Å². The Morgan fingerprint density at radius 2 is 2.30 bits per heavy atom. The predicted octanol–water partition coefficient (Wildman–Crippen LogP) is 3.56. The van der Waals surface area contributed by atoms with Crippen molar-refractivity contribution in [1.82, 2.24) is 4.90 Å². The molecule has 1 aliphatic heterocycles. The fourth-order valence-corrected chi connectivity index (χ4v) is 2.62. The van der Waals surface area contributed by atoms with Gasteiger partial charge in [0.2, 0.25) is 0 Å². The molecule has 0 aromatic heterocycles. The Kier molecular flexibility index (Phi) is 5.30. The number of likely N-dealkylation sites (tertiary alicyclic amines) is 1. The van der Waals surface area contributed by atoms with Gasteiger partial charge in [0.15, 0.2) is 0 Å². The van der Waals surface area contributed by atoms with Gasteiger partial charge in [-0.05, 0) is 37.0 Å². The molecule has 0 bridgehead atoms. The predicted molar refractivity (Wildman–Crippen MR) is 81.6 cm³/mol. The van der Waals surface area contributed by atoms with Crippen LogP contribution in [0.5, 0.6) is 5.75 Å². The molecule has 0 spiro atoms. The molecule has 1 aromatic carbocycles. The molecule has 3 nitrogen and oxygen atoms in total. The quantitative estimate of drug-likeness (QED) is 0.795. The fourth-order valence-electron chi connectivity index (χ4n) is 2.33. The smallest absolute Gasteiger partial charge is 0.254 e. The number of carbonyl (C=O) groups excluding carboxylic acids is 1. The Balaban J connectivity index is 2.05. The van der Waals surface area contributed by atoms with Crippen LogP contribution < -0.4 is 4.74 Å². The van der Waals surface area contributed by atoms with Crippen LogP contribution in [0.2, 0.25) is 0 Å². The Bertz CT molecular complexity index is 464. The summed E-state index contributed by atoms with van der Waals surface area (Å²) < 4.78 is 5.57. The first-order valence-electron chi connectivity index (χ1n) is 7.28. The molecule has 2 atom stereocenters. The van der Waals surface area contributed by atoms with Crippen molar-refractivity contribution < 1.29 is 9.53 Å². The van der Waals surface area contributed by atoms with Crippen LogP contribution in [0.1, 0.15) is 37.0 Å². The molecule has 1 fully saturated rings. The first-order valence-corrected chi connectivity index (χ1v) is 7.71. The average Bonchev–Trinajstić information content (AvgIpc) is 2.47. The number of rotatable bonds is 4. The van der Waals surface area contributed by atoms with Gasteiger partial charge in [-0.15, -0.1) is 11.6 Å². The maximum absolute atomic E-state index is 12.5. The van der Waals surface area contributed by atoms with E-state index in [-0.39, 0.29) is 11.3 Å². The molecule has 110 valence electrons. The van der Waals surface area contributed by atoms with Crippen LogP contribution in [-0.2, 0) is 0 Å². The molecule has 4 heteroatoms. The summed E-state index contributed by atoms with van der Waals surface area (Å²) in [5.41, 5.74) is 0.678. The van der Waals surface area contributed by atoms with Crippen molar-refractivity contribution in [2.24, 2.45) is 5.92 Å². The lowest BCUT2D eigenvalue weighted by Crippen LogP contribution is -2.43. The van der Waals surface area contributed by atoms with Crippen molar-refractivity contribution >= 4 is 17.5 Å². The zero-order chi connectivity index (χ0) is 14.5. The van der Waals surface area contributed by atoms with Crippen LogP contribution in [-0.4, -0.2) is 35.9 Å². The van der Waals surface area contributed by atoms with Gasteiger partial charge in [0.1, 0.15) is 5.75 Å². The maximum Gasteiger partial charge on any atom is 0.254 e. The lowest BCUT2D eigenvalue weighted by atomic mass is 9.98. The van der Waals surface area contributed by atoms with Gasteiger partial charge in [-0.1, -0.05) is 19.9 Å². The number of alkyl halides is 1. The van der Waals surface area contributed by atoms with Crippen LogP contribution in [0.25, 0.3) is 0 Å². The van der Waals surface area contributed by atoms with Gasteiger partial charge < -0.3 is 9.64 Å². The van der Waals surface area contributed by atoms with Crippen molar-refractivity contribution in [3.63, 3.8) is 0 Å².